The van der Waals surface area contributed by atoms with Crippen molar-refractivity contribution in [1.29, 1.82) is 0 Å². The Morgan fingerprint density at radius 2 is 1.85 bits per heavy atom. The van der Waals surface area contributed by atoms with E-state index in [9.17, 15) is 9.90 Å². The molecule has 0 bridgehead atoms. The van der Waals surface area contributed by atoms with Crippen molar-refractivity contribution in [3.63, 3.8) is 0 Å². The van der Waals surface area contributed by atoms with Crippen molar-refractivity contribution in [3.8, 4) is 0 Å². The maximum absolute atomic E-state index is 11.2. The lowest BCUT2D eigenvalue weighted by atomic mass is 10.2. The van der Waals surface area contributed by atoms with Gasteiger partial charge in [-0.2, -0.15) is 5.10 Å². The van der Waals surface area contributed by atoms with Crippen molar-refractivity contribution >= 4 is 28.5 Å². The Labute approximate surface area is 120 Å². The molecule has 0 aliphatic heterocycles. The van der Waals surface area contributed by atoms with E-state index in [1.165, 1.54) is 0 Å². The van der Waals surface area contributed by atoms with Gasteiger partial charge in [0, 0.05) is 10.4 Å². The number of rotatable bonds is 3. The highest BCUT2D eigenvalue weighted by Crippen LogP contribution is 2.20. The molecule has 0 unspecified atom stereocenters. The highest BCUT2D eigenvalue weighted by Gasteiger charge is 2.15. The molecule has 4 nitrogen and oxygen atoms in total. The van der Waals surface area contributed by atoms with Gasteiger partial charge in [0.25, 0.3) is 0 Å². The molecule has 5 heteroatoms. The number of carboxylic acids is 1. The van der Waals surface area contributed by atoms with Crippen LogP contribution >= 0.6 is 11.6 Å². The van der Waals surface area contributed by atoms with Gasteiger partial charge in [0.1, 0.15) is 0 Å². The second kappa shape index (κ2) is 4.98. The van der Waals surface area contributed by atoms with Crippen molar-refractivity contribution in [2.75, 3.05) is 0 Å². The molecule has 3 rings (SSSR count). The maximum atomic E-state index is 11.2. The van der Waals surface area contributed by atoms with Gasteiger partial charge in [-0.15, -0.1) is 0 Å². The van der Waals surface area contributed by atoms with Gasteiger partial charge >= 0.3 is 5.97 Å². The molecule has 1 aromatic heterocycles. The number of halogens is 1. The molecule has 3 aromatic rings. The monoisotopic (exact) mass is 286 g/mol. The topological polar surface area (TPSA) is 55.1 Å². The van der Waals surface area contributed by atoms with Gasteiger partial charge in [0.15, 0.2) is 5.69 Å². The largest absolute Gasteiger partial charge is 0.476 e. The molecule has 20 heavy (non-hydrogen) atoms. The third kappa shape index (κ3) is 2.26. The first kappa shape index (κ1) is 12.7. The number of carbonyl (C=O) groups is 1. The molecule has 0 fully saturated rings. The summed E-state index contributed by atoms with van der Waals surface area (Å²) in [4.78, 5) is 11.2. The number of hydrogen-bond acceptors (Lipinski definition) is 2. The van der Waals surface area contributed by atoms with Crippen molar-refractivity contribution in [2.45, 2.75) is 6.54 Å². The zero-order chi connectivity index (χ0) is 14.1. The fourth-order valence-corrected chi connectivity index (χ4v) is 2.29. The normalized spacial score (nSPS) is 10.8. The fraction of sp³-hybridized carbons (Fsp3) is 0.0667. The zero-order valence-corrected chi connectivity index (χ0v) is 11.2. The lowest BCUT2D eigenvalue weighted by molar-refractivity contribution is 0.0691. The standard InChI is InChI=1S/C15H11ClN2O2/c16-11-7-5-10(6-8-11)9-18-13-4-2-1-3-12(13)14(17-18)15(19)20/h1-8H,9H2,(H,19,20). The van der Waals surface area contributed by atoms with E-state index in [0.29, 0.717) is 17.0 Å². The number of fused-ring (bicyclic) bond motifs is 1. The van der Waals surface area contributed by atoms with Gasteiger partial charge in [-0.1, -0.05) is 41.9 Å². The van der Waals surface area contributed by atoms with Gasteiger partial charge in [0.2, 0.25) is 0 Å². The zero-order valence-electron chi connectivity index (χ0n) is 10.5. The fourth-order valence-electron chi connectivity index (χ4n) is 2.17. The second-order valence-electron chi connectivity index (χ2n) is 4.46. The first-order chi connectivity index (χ1) is 9.65. The molecular formula is C15H11ClN2O2. The van der Waals surface area contributed by atoms with Crippen LogP contribution in [0.1, 0.15) is 16.1 Å². The molecule has 0 atom stereocenters. The minimum Gasteiger partial charge on any atom is -0.476 e. The predicted octanol–water partition coefficient (Wildman–Crippen LogP) is 3.44. The van der Waals surface area contributed by atoms with E-state index in [1.807, 2.05) is 30.3 Å². The highest BCUT2D eigenvalue weighted by molar-refractivity contribution is 6.30. The smallest absolute Gasteiger partial charge is 0.357 e. The molecule has 2 aromatic carbocycles. The molecule has 0 amide bonds. The molecule has 1 heterocycles. The molecule has 1 N–H and O–H groups in total. The Morgan fingerprint density at radius 1 is 1.15 bits per heavy atom. The Kier molecular flexibility index (Phi) is 3.16. The van der Waals surface area contributed by atoms with Crippen LogP contribution in [0.15, 0.2) is 48.5 Å². The van der Waals surface area contributed by atoms with Gasteiger partial charge in [-0.25, -0.2) is 4.79 Å². The number of hydrogen-bond donors (Lipinski definition) is 1. The number of aromatic nitrogens is 2. The predicted molar refractivity (Wildman–Crippen MR) is 77.2 cm³/mol. The van der Waals surface area contributed by atoms with E-state index >= 15 is 0 Å². The van der Waals surface area contributed by atoms with Crippen LogP contribution in [0.25, 0.3) is 10.9 Å². The number of carboxylic acid groups (broad SMARTS) is 1. The van der Waals surface area contributed by atoms with Crippen LogP contribution in [0.3, 0.4) is 0 Å². The second-order valence-corrected chi connectivity index (χ2v) is 4.89. The summed E-state index contributed by atoms with van der Waals surface area (Å²) in [5.41, 5.74) is 1.90. The van der Waals surface area contributed by atoms with Crippen molar-refractivity contribution in [2.24, 2.45) is 0 Å². The first-order valence-corrected chi connectivity index (χ1v) is 6.46. The van der Waals surface area contributed by atoms with Crippen LogP contribution in [0.4, 0.5) is 0 Å². The van der Waals surface area contributed by atoms with Crippen LogP contribution in [0, 0.1) is 0 Å². The molecule has 0 spiro atoms. The van der Waals surface area contributed by atoms with Crippen LogP contribution in [-0.2, 0) is 6.54 Å². The van der Waals surface area contributed by atoms with Gasteiger partial charge < -0.3 is 5.11 Å². The van der Waals surface area contributed by atoms with Gasteiger partial charge in [-0.05, 0) is 23.8 Å². The van der Waals surface area contributed by atoms with E-state index < -0.39 is 5.97 Å². The molecule has 0 saturated carbocycles. The summed E-state index contributed by atoms with van der Waals surface area (Å²) in [6.07, 6.45) is 0. The lowest BCUT2D eigenvalue weighted by Gasteiger charge is -2.03. The highest BCUT2D eigenvalue weighted by atomic mass is 35.5. The van der Waals surface area contributed by atoms with Crippen LogP contribution in [-0.4, -0.2) is 20.9 Å². The Bertz CT molecular complexity index is 778. The summed E-state index contributed by atoms with van der Waals surface area (Å²) >= 11 is 5.86. The van der Waals surface area contributed by atoms with Crippen molar-refractivity contribution in [3.05, 3.63) is 64.8 Å². The first-order valence-electron chi connectivity index (χ1n) is 6.08. The van der Waals surface area contributed by atoms with E-state index in [0.717, 1.165) is 11.1 Å². The van der Waals surface area contributed by atoms with Crippen molar-refractivity contribution < 1.29 is 9.90 Å². The molecular weight excluding hydrogens is 276 g/mol. The summed E-state index contributed by atoms with van der Waals surface area (Å²) in [5.74, 6) is -1.02. The number of para-hydroxylation sites is 1. The molecule has 100 valence electrons. The number of aromatic carboxylic acids is 1. The molecule has 0 saturated heterocycles. The minimum atomic E-state index is -1.02. The molecule has 0 aliphatic carbocycles. The van der Waals surface area contributed by atoms with E-state index in [4.69, 9.17) is 11.6 Å². The third-order valence-electron chi connectivity index (χ3n) is 3.11. The minimum absolute atomic E-state index is 0.0783. The Morgan fingerprint density at radius 3 is 2.55 bits per heavy atom. The summed E-state index contributed by atoms with van der Waals surface area (Å²) in [6, 6.07) is 14.7. The lowest BCUT2D eigenvalue weighted by Crippen LogP contribution is -2.04. The van der Waals surface area contributed by atoms with Crippen LogP contribution < -0.4 is 0 Å². The average Bonchev–Trinajstić information content (AvgIpc) is 2.81. The number of benzene rings is 2. The summed E-state index contributed by atoms with van der Waals surface area (Å²) < 4.78 is 1.70. The summed E-state index contributed by atoms with van der Waals surface area (Å²) in [7, 11) is 0. The molecule has 0 radical (unpaired) electrons. The summed E-state index contributed by atoms with van der Waals surface area (Å²) in [6.45, 7) is 0.505. The maximum Gasteiger partial charge on any atom is 0.357 e. The van der Waals surface area contributed by atoms with Gasteiger partial charge in [0.05, 0.1) is 12.1 Å². The Hall–Kier alpha value is -2.33. The average molecular weight is 287 g/mol. The van der Waals surface area contributed by atoms with E-state index in [-0.39, 0.29) is 5.69 Å². The molecule has 0 aliphatic rings. The third-order valence-corrected chi connectivity index (χ3v) is 3.36. The van der Waals surface area contributed by atoms with Crippen molar-refractivity contribution in [1.82, 2.24) is 9.78 Å². The number of nitrogens with zero attached hydrogens (tertiary/aromatic N) is 2. The van der Waals surface area contributed by atoms with E-state index in [1.54, 1.807) is 22.9 Å². The van der Waals surface area contributed by atoms with Crippen LogP contribution in [0.2, 0.25) is 5.02 Å². The van der Waals surface area contributed by atoms with Gasteiger partial charge in [-0.3, -0.25) is 4.68 Å². The summed E-state index contributed by atoms with van der Waals surface area (Å²) in [5, 5.41) is 14.7. The van der Waals surface area contributed by atoms with Crippen LogP contribution in [0.5, 0.6) is 0 Å². The Balaban J connectivity index is 2.07. The SMILES string of the molecule is O=C(O)c1nn(Cc2ccc(Cl)cc2)c2ccccc12. The van der Waals surface area contributed by atoms with E-state index in [2.05, 4.69) is 5.10 Å². The quantitative estimate of drug-likeness (QED) is 0.802.